The number of rotatable bonds is 5. The molecule has 2 aromatic carbocycles. The van der Waals surface area contributed by atoms with Gasteiger partial charge in [-0.1, -0.05) is 30.3 Å². The largest absolute Gasteiger partial charge is 0.368 e. The molecule has 7 nitrogen and oxygen atoms in total. The first-order valence-corrected chi connectivity index (χ1v) is 12.0. The second kappa shape index (κ2) is 11.0. The topological polar surface area (TPSA) is 77.0 Å². The Kier molecular flexibility index (Phi) is 8.99. The fourth-order valence-corrected chi connectivity index (χ4v) is 4.32. The van der Waals surface area contributed by atoms with E-state index in [4.69, 9.17) is 0 Å². The first-order chi connectivity index (χ1) is 14.3. The molecule has 0 saturated carbocycles. The maximum Gasteiger partial charge on any atom is 0.229 e. The Morgan fingerprint density at radius 3 is 2.35 bits per heavy atom. The first-order valence-electron chi connectivity index (χ1n) is 10.1. The molecule has 1 aliphatic rings. The molecule has 0 unspecified atom stereocenters. The minimum atomic E-state index is -3.33. The van der Waals surface area contributed by atoms with Gasteiger partial charge in [0.25, 0.3) is 0 Å². The Labute approximate surface area is 203 Å². The summed E-state index contributed by atoms with van der Waals surface area (Å²) in [7, 11) is -1.55. The fraction of sp³-hybridized carbons (Fsp3) is 0.409. The predicted molar refractivity (Wildman–Crippen MR) is 140 cm³/mol. The second-order valence-corrected chi connectivity index (χ2v) is 9.37. The van der Waals surface area contributed by atoms with Gasteiger partial charge in [0, 0.05) is 45.5 Å². The molecule has 0 aliphatic carbocycles. The van der Waals surface area contributed by atoms with E-state index in [2.05, 4.69) is 56.9 Å². The normalized spacial score (nSPS) is 14.8. The Bertz CT molecular complexity index is 1020. The van der Waals surface area contributed by atoms with Crippen LogP contribution in [0.3, 0.4) is 0 Å². The zero-order chi connectivity index (χ0) is 21.7. The first kappa shape index (κ1) is 25.3. The summed E-state index contributed by atoms with van der Waals surface area (Å²) < 4.78 is 25.8. The van der Waals surface area contributed by atoms with E-state index in [0.717, 1.165) is 44.0 Å². The van der Waals surface area contributed by atoms with Gasteiger partial charge in [0.2, 0.25) is 10.0 Å². The smallest absolute Gasteiger partial charge is 0.229 e. The summed E-state index contributed by atoms with van der Waals surface area (Å²) in [6, 6.07) is 13.9. The van der Waals surface area contributed by atoms with Crippen molar-refractivity contribution in [1.82, 2.24) is 10.2 Å². The van der Waals surface area contributed by atoms with Crippen molar-refractivity contribution in [3.8, 4) is 0 Å². The number of anilines is 2. The molecular formula is C22H32IN5O2S. The molecule has 1 fully saturated rings. The Morgan fingerprint density at radius 1 is 1.03 bits per heavy atom. The highest BCUT2D eigenvalue weighted by Crippen LogP contribution is 2.24. The van der Waals surface area contributed by atoms with Crippen molar-refractivity contribution in [2.75, 3.05) is 49.1 Å². The lowest BCUT2D eigenvalue weighted by Crippen LogP contribution is -2.52. The van der Waals surface area contributed by atoms with Crippen LogP contribution in [0.25, 0.3) is 0 Å². The number of halogens is 1. The third kappa shape index (κ3) is 6.73. The van der Waals surface area contributed by atoms with Gasteiger partial charge in [0.1, 0.15) is 0 Å². The summed E-state index contributed by atoms with van der Waals surface area (Å²) in [5, 5.41) is 3.38. The van der Waals surface area contributed by atoms with Gasteiger partial charge in [-0.2, -0.15) is 0 Å². The molecule has 170 valence electrons. The van der Waals surface area contributed by atoms with E-state index < -0.39 is 10.0 Å². The van der Waals surface area contributed by atoms with Crippen LogP contribution in [0.15, 0.2) is 47.5 Å². The number of aryl methyl sites for hydroxylation is 1. The summed E-state index contributed by atoms with van der Waals surface area (Å²) in [4.78, 5) is 9.11. The number of hydrogen-bond acceptors (Lipinski definition) is 4. The highest BCUT2D eigenvalue weighted by Gasteiger charge is 2.21. The number of hydrogen-bond donors (Lipinski definition) is 2. The van der Waals surface area contributed by atoms with E-state index in [9.17, 15) is 8.42 Å². The van der Waals surface area contributed by atoms with Crippen LogP contribution in [0.2, 0.25) is 0 Å². The standard InChI is InChI=1S/C22H31N5O2S.HI/c1-17-8-7-11-21(18(17)2)26-12-14-27(15-13-26)22(23-3)24-16-19-9-5-6-10-20(19)25-30(4,28)29;/h5-11,25H,12-16H2,1-4H3,(H,23,24);1H. The van der Waals surface area contributed by atoms with Crippen LogP contribution >= 0.6 is 24.0 Å². The van der Waals surface area contributed by atoms with Crippen LogP contribution in [0.4, 0.5) is 11.4 Å². The molecule has 0 spiro atoms. The molecule has 2 aromatic rings. The van der Waals surface area contributed by atoms with Gasteiger partial charge in [0.15, 0.2) is 5.96 Å². The monoisotopic (exact) mass is 557 g/mol. The number of benzene rings is 2. The summed E-state index contributed by atoms with van der Waals surface area (Å²) >= 11 is 0. The van der Waals surface area contributed by atoms with Crippen molar-refractivity contribution in [2.45, 2.75) is 20.4 Å². The van der Waals surface area contributed by atoms with Crippen molar-refractivity contribution < 1.29 is 8.42 Å². The van der Waals surface area contributed by atoms with Crippen molar-refractivity contribution in [1.29, 1.82) is 0 Å². The predicted octanol–water partition coefficient (Wildman–Crippen LogP) is 3.19. The molecule has 0 radical (unpaired) electrons. The molecule has 1 saturated heterocycles. The Morgan fingerprint density at radius 2 is 1.71 bits per heavy atom. The third-order valence-corrected chi connectivity index (χ3v) is 6.05. The van der Waals surface area contributed by atoms with E-state index in [-0.39, 0.29) is 24.0 Å². The molecule has 0 bridgehead atoms. The summed E-state index contributed by atoms with van der Waals surface area (Å²) in [6.45, 7) is 8.42. The van der Waals surface area contributed by atoms with Crippen LogP contribution < -0.4 is 14.9 Å². The summed E-state index contributed by atoms with van der Waals surface area (Å²) in [5.74, 6) is 0.824. The summed E-state index contributed by atoms with van der Waals surface area (Å²) in [5.41, 5.74) is 5.41. The minimum Gasteiger partial charge on any atom is -0.368 e. The van der Waals surface area contributed by atoms with Gasteiger partial charge in [-0.3, -0.25) is 9.71 Å². The van der Waals surface area contributed by atoms with Gasteiger partial charge in [-0.25, -0.2) is 8.42 Å². The van der Waals surface area contributed by atoms with Crippen LogP contribution in [0.5, 0.6) is 0 Å². The number of para-hydroxylation sites is 1. The molecule has 0 amide bonds. The number of aliphatic imine (C=N–C) groups is 1. The average Bonchev–Trinajstić information content (AvgIpc) is 2.71. The third-order valence-electron chi connectivity index (χ3n) is 5.46. The Balaban J connectivity index is 0.00000341. The molecule has 1 heterocycles. The molecule has 31 heavy (non-hydrogen) atoms. The van der Waals surface area contributed by atoms with Crippen LogP contribution in [-0.4, -0.2) is 58.8 Å². The fourth-order valence-electron chi connectivity index (χ4n) is 3.72. The number of nitrogens with one attached hydrogen (secondary N) is 2. The average molecular weight is 558 g/mol. The van der Waals surface area contributed by atoms with Gasteiger partial charge < -0.3 is 15.1 Å². The van der Waals surface area contributed by atoms with Crippen LogP contribution in [0, 0.1) is 13.8 Å². The zero-order valence-corrected chi connectivity index (χ0v) is 21.7. The quantitative estimate of drug-likeness (QED) is 0.336. The Hall–Kier alpha value is -2.01. The highest BCUT2D eigenvalue weighted by atomic mass is 127. The SMILES string of the molecule is CN=C(NCc1ccccc1NS(C)(=O)=O)N1CCN(c2cccc(C)c2C)CC1.I. The number of nitrogens with zero attached hydrogens (tertiary/aromatic N) is 3. The molecule has 3 rings (SSSR count). The lowest BCUT2D eigenvalue weighted by atomic mass is 10.1. The second-order valence-electron chi connectivity index (χ2n) is 7.63. The molecule has 1 aliphatic heterocycles. The highest BCUT2D eigenvalue weighted by molar-refractivity contribution is 14.0. The maximum absolute atomic E-state index is 11.6. The van der Waals surface area contributed by atoms with Gasteiger partial charge >= 0.3 is 0 Å². The van der Waals surface area contributed by atoms with Crippen LogP contribution in [-0.2, 0) is 16.6 Å². The van der Waals surface area contributed by atoms with E-state index in [0.29, 0.717) is 12.2 Å². The van der Waals surface area contributed by atoms with E-state index >= 15 is 0 Å². The van der Waals surface area contributed by atoms with Crippen molar-refractivity contribution in [3.05, 3.63) is 59.2 Å². The molecule has 0 atom stereocenters. The van der Waals surface area contributed by atoms with E-state index in [1.165, 1.54) is 16.8 Å². The van der Waals surface area contributed by atoms with Crippen molar-refractivity contribution >= 4 is 51.3 Å². The number of piperazine rings is 1. The molecule has 9 heteroatoms. The maximum atomic E-state index is 11.6. The van der Waals surface area contributed by atoms with Crippen molar-refractivity contribution in [2.24, 2.45) is 4.99 Å². The molecular weight excluding hydrogens is 525 g/mol. The summed E-state index contributed by atoms with van der Waals surface area (Å²) in [6.07, 6.45) is 1.16. The zero-order valence-electron chi connectivity index (χ0n) is 18.6. The van der Waals surface area contributed by atoms with Crippen molar-refractivity contribution in [3.63, 3.8) is 0 Å². The van der Waals surface area contributed by atoms with E-state index in [1.54, 1.807) is 13.1 Å². The minimum absolute atomic E-state index is 0. The molecule has 2 N–H and O–H groups in total. The van der Waals surface area contributed by atoms with Crippen LogP contribution in [0.1, 0.15) is 16.7 Å². The lowest BCUT2D eigenvalue weighted by molar-refractivity contribution is 0.372. The van der Waals surface area contributed by atoms with E-state index in [1.807, 2.05) is 18.2 Å². The van der Waals surface area contributed by atoms with Gasteiger partial charge in [0.05, 0.1) is 11.9 Å². The lowest BCUT2D eigenvalue weighted by Gasteiger charge is -2.38. The number of sulfonamides is 1. The van der Waals surface area contributed by atoms with Gasteiger partial charge in [-0.15, -0.1) is 24.0 Å². The molecule has 0 aromatic heterocycles. The van der Waals surface area contributed by atoms with Gasteiger partial charge in [-0.05, 0) is 42.7 Å². The number of guanidine groups is 1.